The van der Waals surface area contributed by atoms with E-state index in [0.717, 1.165) is 29.9 Å². The SMILES string of the molecule is CCCCCOc1ccc(C(=O)Nc2ccc3c(c2)C(=O)N(C)C3=O)cc1. The van der Waals surface area contributed by atoms with Crippen LogP contribution in [-0.2, 0) is 0 Å². The molecule has 0 radical (unpaired) electrons. The second-order valence-electron chi connectivity index (χ2n) is 6.46. The molecule has 3 rings (SSSR count). The van der Waals surface area contributed by atoms with Crippen LogP contribution in [0.25, 0.3) is 0 Å². The van der Waals surface area contributed by atoms with Gasteiger partial charge in [-0.05, 0) is 48.9 Å². The van der Waals surface area contributed by atoms with Gasteiger partial charge in [0.1, 0.15) is 5.75 Å². The molecule has 1 N–H and O–H groups in total. The molecule has 6 heteroatoms. The predicted molar refractivity (Wildman–Crippen MR) is 102 cm³/mol. The normalized spacial score (nSPS) is 12.9. The summed E-state index contributed by atoms with van der Waals surface area (Å²) in [6.07, 6.45) is 3.28. The molecular weight excluding hydrogens is 344 g/mol. The van der Waals surface area contributed by atoms with E-state index in [9.17, 15) is 14.4 Å². The third kappa shape index (κ3) is 4.00. The van der Waals surface area contributed by atoms with E-state index in [2.05, 4.69) is 12.2 Å². The van der Waals surface area contributed by atoms with Crippen molar-refractivity contribution >= 4 is 23.4 Å². The van der Waals surface area contributed by atoms with Gasteiger partial charge in [-0.3, -0.25) is 19.3 Å². The third-order valence-electron chi connectivity index (χ3n) is 4.48. The number of rotatable bonds is 7. The van der Waals surface area contributed by atoms with Gasteiger partial charge in [-0.1, -0.05) is 19.8 Å². The minimum Gasteiger partial charge on any atom is -0.494 e. The lowest BCUT2D eigenvalue weighted by Gasteiger charge is -2.08. The van der Waals surface area contributed by atoms with Crippen LogP contribution in [0, 0.1) is 0 Å². The number of imide groups is 1. The van der Waals surface area contributed by atoms with Crippen LogP contribution in [0.1, 0.15) is 57.3 Å². The Balaban J connectivity index is 1.64. The van der Waals surface area contributed by atoms with Gasteiger partial charge in [0, 0.05) is 18.3 Å². The molecule has 2 aromatic carbocycles. The highest BCUT2D eigenvalue weighted by Gasteiger charge is 2.32. The number of hydrogen-bond donors (Lipinski definition) is 1. The average molecular weight is 366 g/mol. The van der Waals surface area contributed by atoms with Crippen molar-refractivity contribution in [2.45, 2.75) is 26.2 Å². The van der Waals surface area contributed by atoms with Gasteiger partial charge in [0.2, 0.25) is 0 Å². The van der Waals surface area contributed by atoms with Crippen molar-refractivity contribution in [2.75, 3.05) is 19.0 Å². The van der Waals surface area contributed by atoms with Crippen molar-refractivity contribution in [1.82, 2.24) is 4.90 Å². The number of anilines is 1. The molecule has 0 atom stereocenters. The van der Waals surface area contributed by atoms with Gasteiger partial charge in [-0.15, -0.1) is 0 Å². The van der Waals surface area contributed by atoms with Crippen LogP contribution in [0.15, 0.2) is 42.5 Å². The fourth-order valence-corrected chi connectivity index (χ4v) is 2.89. The zero-order chi connectivity index (χ0) is 19.4. The second-order valence-corrected chi connectivity index (χ2v) is 6.46. The molecule has 1 aliphatic rings. The highest BCUT2D eigenvalue weighted by atomic mass is 16.5. The number of carbonyl (C=O) groups excluding carboxylic acids is 3. The van der Waals surface area contributed by atoms with Crippen LogP contribution in [0.2, 0.25) is 0 Å². The summed E-state index contributed by atoms with van der Waals surface area (Å²) in [5, 5.41) is 2.76. The lowest BCUT2D eigenvalue weighted by Crippen LogP contribution is -2.24. The minimum atomic E-state index is -0.365. The largest absolute Gasteiger partial charge is 0.494 e. The number of amides is 3. The second kappa shape index (κ2) is 8.03. The molecule has 0 saturated heterocycles. The molecule has 6 nitrogen and oxygen atoms in total. The highest BCUT2D eigenvalue weighted by Crippen LogP contribution is 2.25. The number of fused-ring (bicyclic) bond motifs is 1. The summed E-state index contributed by atoms with van der Waals surface area (Å²) in [6, 6.07) is 11.6. The Morgan fingerprint density at radius 3 is 2.41 bits per heavy atom. The van der Waals surface area contributed by atoms with Gasteiger partial charge in [0.25, 0.3) is 17.7 Å². The fourth-order valence-electron chi connectivity index (χ4n) is 2.89. The van der Waals surface area contributed by atoms with E-state index < -0.39 is 0 Å². The van der Waals surface area contributed by atoms with Gasteiger partial charge < -0.3 is 10.1 Å². The Hall–Kier alpha value is -3.15. The molecule has 1 heterocycles. The van der Waals surface area contributed by atoms with Crippen molar-refractivity contribution < 1.29 is 19.1 Å². The lowest BCUT2D eigenvalue weighted by atomic mass is 10.1. The van der Waals surface area contributed by atoms with Crippen molar-refractivity contribution in [3.8, 4) is 5.75 Å². The smallest absolute Gasteiger partial charge is 0.261 e. The standard InChI is InChI=1S/C21H22N2O4/c1-3-4-5-12-27-16-9-6-14(7-10-16)19(24)22-15-8-11-17-18(13-15)21(26)23(2)20(17)25/h6-11,13H,3-5,12H2,1-2H3,(H,22,24). The molecule has 27 heavy (non-hydrogen) atoms. The first kappa shape index (κ1) is 18.6. The molecule has 2 aromatic rings. The quantitative estimate of drug-likeness (QED) is 0.598. The molecule has 0 aromatic heterocycles. The number of hydrogen-bond acceptors (Lipinski definition) is 4. The predicted octanol–water partition coefficient (Wildman–Crippen LogP) is 3.73. The summed E-state index contributed by atoms with van der Waals surface area (Å²) in [6.45, 7) is 2.80. The number of benzene rings is 2. The maximum Gasteiger partial charge on any atom is 0.261 e. The summed E-state index contributed by atoms with van der Waals surface area (Å²) in [5.41, 5.74) is 1.60. The van der Waals surface area contributed by atoms with Crippen molar-refractivity contribution in [3.63, 3.8) is 0 Å². The number of carbonyl (C=O) groups is 3. The van der Waals surface area contributed by atoms with Gasteiger partial charge in [-0.25, -0.2) is 0 Å². The Labute approximate surface area is 158 Å². The van der Waals surface area contributed by atoms with Gasteiger partial charge >= 0.3 is 0 Å². The molecule has 0 unspecified atom stereocenters. The van der Waals surface area contributed by atoms with E-state index in [1.807, 2.05) is 0 Å². The number of unbranched alkanes of at least 4 members (excludes halogenated alkanes) is 2. The van der Waals surface area contributed by atoms with Gasteiger partial charge in [0.15, 0.2) is 0 Å². The first-order chi connectivity index (χ1) is 13.0. The fraction of sp³-hybridized carbons (Fsp3) is 0.286. The van der Waals surface area contributed by atoms with Crippen LogP contribution < -0.4 is 10.1 Å². The third-order valence-corrected chi connectivity index (χ3v) is 4.48. The first-order valence-corrected chi connectivity index (χ1v) is 9.02. The molecule has 140 valence electrons. The molecule has 0 bridgehead atoms. The van der Waals surface area contributed by atoms with E-state index >= 15 is 0 Å². The van der Waals surface area contributed by atoms with E-state index in [4.69, 9.17) is 4.74 Å². The topological polar surface area (TPSA) is 75.7 Å². The summed E-state index contributed by atoms with van der Waals surface area (Å²) >= 11 is 0. The van der Waals surface area contributed by atoms with E-state index in [1.54, 1.807) is 36.4 Å². The monoisotopic (exact) mass is 366 g/mol. The van der Waals surface area contributed by atoms with Crippen LogP contribution in [-0.4, -0.2) is 36.3 Å². The maximum absolute atomic E-state index is 12.4. The average Bonchev–Trinajstić information content (AvgIpc) is 2.90. The number of nitrogens with one attached hydrogen (secondary N) is 1. The Morgan fingerprint density at radius 2 is 1.70 bits per heavy atom. The zero-order valence-corrected chi connectivity index (χ0v) is 15.5. The molecule has 0 fully saturated rings. The first-order valence-electron chi connectivity index (χ1n) is 9.02. The van der Waals surface area contributed by atoms with Gasteiger partial charge in [0.05, 0.1) is 17.7 Å². The molecular formula is C21H22N2O4. The molecule has 0 saturated carbocycles. The van der Waals surface area contributed by atoms with Crippen LogP contribution in [0.4, 0.5) is 5.69 Å². The Bertz CT molecular complexity index is 874. The van der Waals surface area contributed by atoms with E-state index in [-0.39, 0.29) is 17.7 Å². The number of ether oxygens (including phenoxy) is 1. The minimum absolute atomic E-state index is 0.294. The summed E-state index contributed by atoms with van der Waals surface area (Å²) in [7, 11) is 1.44. The summed E-state index contributed by atoms with van der Waals surface area (Å²) < 4.78 is 5.64. The van der Waals surface area contributed by atoms with Crippen LogP contribution >= 0.6 is 0 Å². The van der Waals surface area contributed by atoms with Crippen LogP contribution in [0.3, 0.4) is 0 Å². The Morgan fingerprint density at radius 1 is 1.00 bits per heavy atom. The van der Waals surface area contributed by atoms with Crippen LogP contribution in [0.5, 0.6) is 5.75 Å². The zero-order valence-electron chi connectivity index (χ0n) is 15.5. The summed E-state index contributed by atoms with van der Waals surface area (Å²) in [5.74, 6) is -0.261. The number of nitrogens with zero attached hydrogens (tertiary/aromatic N) is 1. The maximum atomic E-state index is 12.4. The van der Waals surface area contributed by atoms with Crippen molar-refractivity contribution in [3.05, 3.63) is 59.2 Å². The van der Waals surface area contributed by atoms with Gasteiger partial charge in [-0.2, -0.15) is 0 Å². The lowest BCUT2D eigenvalue weighted by molar-refractivity contribution is 0.0692. The molecule has 0 aliphatic carbocycles. The summed E-state index contributed by atoms with van der Waals surface area (Å²) in [4.78, 5) is 37.5. The van der Waals surface area contributed by atoms with Crippen molar-refractivity contribution in [1.29, 1.82) is 0 Å². The van der Waals surface area contributed by atoms with E-state index in [1.165, 1.54) is 13.1 Å². The molecule has 3 amide bonds. The van der Waals surface area contributed by atoms with E-state index in [0.29, 0.717) is 29.0 Å². The molecule has 1 aliphatic heterocycles. The Kier molecular flexibility index (Phi) is 5.54. The van der Waals surface area contributed by atoms with Crippen molar-refractivity contribution in [2.24, 2.45) is 0 Å². The highest BCUT2D eigenvalue weighted by molar-refractivity contribution is 6.21. The molecule has 0 spiro atoms.